The number of amides is 2. The Morgan fingerprint density at radius 3 is 2.71 bits per heavy atom. The Morgan fingerprint density at radius 2 is 1.86 bits per heavy atom. The SMILES string of the molecule is O=C(CNCC1CC1)Nc1ccccc1C(=O)NCc1ccc2c(c1)OCO2. The third kappa shape index (κ3) is 4.61. The summed E-state index contributed by atoms with van der Waals surface area (Å²) in [6.45, 7) is 1.67. The molecule has 7 heteroatoms. The van der Waals surface area contributed by atoms with Gasteiger partial charge in [-0.1, -0.05) is 18.2 Å². The average molecular weight is 381 g/mol. The Morgan fingerprint density at radius 1 is 1.04 bits per heavy atom. The van der Waals surface area contributed by atoms with Crippen LogP contribution in [0.25, 0.3) is 0 Å². The van der Waals surface area contributed by atoms with Gasteiger partial charge in [-0.2, -0.15) is 0 Å². The molecular formula is C21H23N3O4. The van der Waals surface area contributed by atoms with Gasteiger partial charge >= 0.3 is 0 Å². The minimum absolute atomic E-state index is 0.156. The average Bonchev–Trinajstić information content (AvgIpc) is 3.40. The Bertz CT molecular complexity index is 880. The Balaban J connectivity index is 1.33. The molecule has 7 nitrogen and oxygen atoms in total. The predicted octanol–water partition coefficient (Wildman–Crippen LogP) is 2.28. The van der Waals surface area contributed by atoms with Gasteiger partial charge in [0, 0.05) is 6.54 Å². The van der Waals surface area contributed by atoms with Crippen molar-refractivity contribution in [3.63, 3.8) is 0 Å². The number of anilines is 1. The molecule has 0 spiro atoms. The van der Waals surface area contributed by atoms with Crippen molar-refractivity contribution in [3.05, 3.63) is 53.6 Å². The van der Waals surface area contributed by atoms with Gasteiger partial charge in [-0.15, -0.1) is 0 Å². The van der Waals surface area contributed by atoms with E-state index in [4.69, 9.17) is 9.47 Å². The first kappa shape index (κ1) is 18.3. The lowest BCUT2D eigenvalue weighted by atomic mass is 10.1. The number of carbonyl (C=O) groups excluding carboxylic acids is 2. The van der Waals surface area contributed by atoms with Gasteiger partial charge in [0.25, 0.3) is 5.91 Å². The molecule has 1 fully saturated rings. The molecule has 1 aliphatic heterocycles. The van der Waals surface area contributed by atoms with Crippen molar-refractivity contribution in [1.29, 1.82) is 0 Å². The van der Waals surface area contributed by atoms with Crippen LogP contribution in [0.15, 0.2) is 42.5 Å². The first-order valence-electron chi connectivity index (χ1n) is 9.45. The summed E-state index contributed by atoms with van der Waals surface area (Å²) in [5.74, 6) is 1.69. The van der Waals surface area contributed by atoms with Crippen molar-refractivity contribution in [2.75, 3.05) is 25.2 Å². The van der Waals surface area contributed by atoms with Crippen LogP contribution in [0.5, 0.6) is 11.5 Å². The minimum Gasteiger partial charge on any atom is -0.454 e. The van der Waals surface area contributed by atoms with E-state index in [1.807, 2.05) is 18.2 Å². The van der Waals surface area contributed by atoms with Crippen molar-refractivity contribution in [1.82, 2.24) is 10.6 Å². The highest BCUT2D eigenvalue weighted by Crippen LogP contribution is 2.32. The molecule has 0 unspecified atom stereocenters. The van der Waals surface area contributed by atoms with Crippen LogP contribution in [-0.4, -0.2) is 31.7 Å². The van der Waals surface area contributed by atoms with Gasteiger partial charge in [-0.25, -0.2) is 0 Å². The zero-order chi connectivity index (χ0) is 19.3. The fourth-order valence-corrected chi connectivity index (χ4v) is 3.02. The van der Waals surface area contributed by atoms with E-state index in [2.05, 4.69) is 16.0 Å². The first-order chi connectivity index (χ1) is 13.7. The standard InChI is InChI=1S/C21H23N3O4/c25-20(12-22-10-14-5-6-14)24-17-4-2-1-3-16(17)21(26)23-11-15-7-8-18-19(9-15)28-13-27-18/h1-4,7-9,14,22H,5-6,10-13H2,(H,23,26)(H,24,25). The van der Waals surface area contributed by atoms with Crippen molar-refractivity contribution in [2.24, 2.45) is 5.92 Å². The molecule has 1 heterocycles. The van der Waals surface area contributed by atoms with Crippen LogP contribution in [-0.2, 0) is 11.3 Å². The number of hydrogen-bond acceptors (Lipinski definition) is 5. The Kier molecular flexibility index (Phi) is 5.43. The second kappa shape index (κ2) is 8.31. The lowest BCUT2D eigenvalue weighted by Gasteiger charge is -2.12. The highest BCUT2D eigenvalue weighted by Gasteiger charge is 2.21. The molecule has 1 saturated carbocycles. The molecule has 0 atom stereocenters. The lowest BCUT2D eigenvalue weighted by molar-refractivity contribution is -0.115. The number of nitrogens with one attached hydrogen (secondary N) is 3. The van der Waals surface area contributed by atoms with E-state index < -0.39 is 0 Å². The normalized spacial score (nSPS) is 14.6. The summed E-state index contributed by atoms with van der Waals surface area (Å²) in [6, 6.07) is 12.6. The molecule has 4 rings (SSSR count). The highest BCUT2D eigenvalue weighted by atomic mass is 16.7. The summed E-state index contributed by atoms with van der Waals surface area (Å²) < 4.78 is 10.6. The lowest BCUT2D eigenvalue weighted by Crippen LogP contribution is -2.30. The van der Waals surface area contributed by atoms with Gasteiger partial charge in [0.05, 0.1) is 17.8 Å². The molecular weight excluding hydrogens is 358 g/mol. The molecule has 0 bridgehead atoms. The maximum Gasteiger partial charge on any atom is 0.253 e. The van der Waals surface area contributed by atoms with E-state index in [1.165, 1.54) is 12.8 Å². The van der Waals surface area contributed by atoms with Crippen molar-refractivity contribution in [2.45, 2.75) is 19.4 Å². The second-order valence-electron chi connectivity index (χ2n) is 7.04. The molecule has 28 heavy (non-hydrogen) atoms. The second-order valence-corrected chi connectivity index (χ2v) is 7.04. The number of para-hydroxylation sites is 1. The first-order valence-corrected chi connectivity index (χ1v) is 9.45. The van der Waals surface area contributed by atoms with Gasteiger partial charge < -0.3 is 25.4 Å². The summed E-state index contributed by atoms with van der Waals surface area (Å²) >= 11 is 0. The van der Waals surface area contributed by atoms with Gasteiger partial charge in [0.15, 0.2) is 11.5 Å². The largest absolute Gasteiger partial charge is 0.454 e. The summed E-state index contributed by atoms with van der Waals surface area (Å²) in [7, 11) is 0. The maximum absolute atomic E-state index is 12.6. The molecule has 3 N–H and O–H groups in total. The molecule has 2 amide bonds. The molecule has 1 aliphatic carbocycles. The Hall–Kier alpha value is -3.06. The van der Waals surface area contributed by atoms with Crippen LogP contribution in [0, 0.1) is 5.92 Å². The smallest absolute Gasteiger partial charge is 0.253 e. The van der Waals surface area contributed by atoms with E-state index >= 15 is 0 Å². The molecule has 2 aromatic carbocycles. The van der Waals surface area contributed by atoms with Gasteiger partial charge in [-0.05, 0) is 55.1 Å². The fraction of sp³-hybridized carbons (Fsp3) is 0.333. The number of ether oxygens (including phenoxy) is 2. The van der Waals surface area contributed by atoms with E-state index in [1.54, 1.807) is 24.3 Å². The number of hydrogen-bond donors (Lipinski definition) is 3. The van der Waals surface area contributed by atoms with E-state index in [0.29, 0.717) is 35.2 Å². The quantitative estimate of drug-likeness (QED) is 0.653. The molecule has 146 valence electrons. The monoisotopic (exact) mass is 381 g/mol. The predicted molar refractivity (Wildman–Crippen MR) is 104 cm³/mol. The third-order valence-corrected chi connectivity index (χ3v) is 4.75. The summed E-state index contributed by atoms with van der Waals surface area (Å²) in [5.41, 5.74) is 1.84. The Labute approximate surface area is 163 Å². The third-order valence-electron chi connectivity index (χ3n) is 4.75. The van der Waals surface area contributed by atoms with Gasteiger partial charge in [-0.3, -0.25) is 9.59 Å². The number of rotatable bonds is 8. The number of fused-ring (bicyclic) bond motifs is 1. The van der Waals surface area contributed by atoms with Crippen molar-refractivity contribution < 1.29 is 19.1 Å². The van der Waals surface area contributed by atoms with Crippen molar-refractivity contribution in [3.8, 4) is 11.5 Å². The van der Waals surface area contributed by atoms with Crippen LogP contribution >= 0.6 is 0 Å². The van der Waals surface area contributed by atoms with Gasteiger partial charge in [0.2, 0.25) is 12.7 Å². The molecule has 2 aliphatic rings. The highest BCUT2D eigenvalue weighted by molar-refractivity contribution is 6.04. The van der Waals surface area contributed by atoms with Crippen LogP contribution in [0.4, 0.5) is 5.69 Å². The molecule has 2 aromatic rings. The molecule has 0 radical (unpaired) electrons. The van der Waals surface area contributed by atoms with Crippen LogP contribution in [0.3, 0.4) is 0 Å². The summed E-state index contributed by atoms with van der Waals surface area (Å²) in [4.78, 5) is 24.8. The van der Waals surface area contributed by atoms with Crippen molar-refractivity contribution >= 4 is 17.5 Å². The van der Waals surface area contributed by atoms with Gasteiger partial charge in [0.1, 0.15) is 0 Å². The van der Waals surface area contributed by atoms with E-state index in [9.17, 15) is 9.59 Å². The number of carbonyl (C=O) groups is 2. The fourth-order valence-electron chi connectivity index (χ4n) is 3.02. The topological polar surface area (TPSA) is 88.7 Å². The number of benzene rings is 2. The zero-order valence-electron chi connectivity index (χ0n) is 15.5. The van der Waals surface area contributed by atoms with Crippen LogP contribution < -0.4 is 25.4 Å². The maximum atomic E-state index is 12.6. The van der Waals surface area contributed by atoms with E-state index in [0.717, 1.165) is 12.1 Å². The summed E-state index contributed by atoms with van der Waals surface area (Å²) in [6.07, 6.45) is 2.47. The van der Waals surface area contributed by atoms with E-state index in [-0.39, 0.29) is 25.2 Å². The zero-order valence-corrected chi connectivity index (χ0v) is 15.5. The molecule has 0 aromatic heterocycles. The molecule has 0 saturated heterocycles. The van der Waals surface area contributed by atoms with Crippen LogP contribution in [0.2, 0.25) is 0 Å². The summed E-state index contributed by atoms with van der Waals surface area (Å²) in [5, 5.41) is 8.85. The van der Waals surface area contributed by atoms with Crippen LogP contribution in [0.1, 0.15) is 28.8 Å². The minimum atomic E-state index is -0.250.